The molecule has 1 aliphatic heterocycles. The molecule has 1 spiro atoms. The Hall–Kier alpha value is -4.06. The molecule has 6 rings (SSSR count). The highest BCUT2D eigenvalue weighted by Crippen LogP contribution is 2.55. The number of nitrogens with two attached hydrogens (primary N) is 1. The quantitative estimate of drug-likeness (QED) is 0.473. The van der Waals surface area contributed by atoms with E-state index in [1.54, 1.807) is 20.2 Å². The summed E-state index contributed by atoms with van der Waals surface area (Å²) in [6, 6.07) is 8.82. The van der Waals surface area contributed by atoms with Crippen molar-refractivity contribution in [2.45, 2.75) is 57.5 Å². The van der Waals surface area contributed by atoms with Crippen LogP contribution in [0.3, 0.4) is 0 Å². The van der Waals surface area contributed by atoms with Gasteiger partial charge < -0.3 is 16.0 Å². The molecule has 3 aliphatic rings. The molecule has 0 atom stereocenters. The molecule has 3 N–H and O–H groups in total. The van der Waals surface area contributed by atoms with Gasteiger partial charge in [-0.2, -0.15) is 10.2 Å². The first-order valence-corrected chi connectivity index (χ1v) is 13.3. The van der Waals surface area contributed by atoms with Gasteiger partial charge in [-0.3, -0.25) is 14.3 Å². The normalized spacial score (nSPS) is 22.2. The van der Waals surface area contributed by atoms with Crippen molar-refractivity contribution in [1.29, 1.82) is 0 Å². The molecule has 0 unspecified atom stereocenters. The Morgan fingerprint density at radius 3 is 2.79 bits per heavy atom. The molecule has 1 aromatic carbocycles. The van der Waals surface area contributed by atoms with Crippen LogP contribution in [0.4, 0.5) is 5.82 Å². The number of nitrogens with zero attached hydrogens (tertiary/aromatic N) is 5. The lowest BCUT2D eigenvalue weighted by Crippen LogP contribution is -2.42. The number of nitrogens with one attached hydrogen (secondary N) is 1. The minimum Gasteiger partial charge on any atom is -0.373 e. The molecule has 3 aromatic rings. The van der Waals surface area contributed by atoms with Crippen molar-refractivity contribution in [3.8, 4) is 23.1 Å². The van der Waals surface area contributed by atoms with Crippen molar-refractivity contribution in [2.75, 3.05) is 25.5 Å². The van der Waals surface area contributed by atoms with E-state index in [1.807, 2.05) is 20.5 Å². The van der Waals surface area contributed by atoms with Crippen LogP contribution in [0.2, 0.25) is 0 Å². The van der Waals surface area contributed by atoms with E-state index in [0.29, 0.717) is 29.5 Å². The standard InChI is InChI=1S/C29H33N7O2/c1-3-5-24(37)34-11-10-29(18-34)13-23(14-29)36-28(31-2)25(27(30)38)26(33-36)22-15-32-35(17-22)16-19-6-4-7-21(12-19)20-8-9-20/h4,6-7,12,15,17,20,23,31H,8-11,13-14,16,18H2,1-2H3,(H2,30,38)/t23-,29-. The summed E-state index contributed by atoms with van der Waals surface area (Å²) in [4.78, 5) is 26.7. The second-order valence-corrected chi connectivity index (χ2v) is 11.0. The summed E-state index contributed by atoms with van der Waals surface area (Å²) in [6.45, 7) is 3.79. The molecule has 2 amide bonds. The second kappa shape index (κ2) is 9.35. The Morgan fingerprint density at radius 2 is 2.08 bits per heavy atom. The number of hydrogen-bond donors (Lipinski definition) is 2. The number of carbonyl (C=O) groups excluding carboxylic acids is 2. The Labute approximate surface area is 222 Å². The minimum absolute atomic E-state index is 0.0830. The summed E-state index contributed by atoms with van der Waals surface area (Å²) in [5.41, 5.74) is 10.2. The predicted molar refractivity (Wildman–Crippen MR) is 144 cm³/mol. The van der Waals surface area contributed by atoms with Crippen LogP contribution in [0.1, 0.15) is 72.5 Å². The van der Waals surface area contributed by atoms with Gasteiger partial charge in [-0.25, -0.2) is 4.68 Å². The zero-order chi connectivity index (χ0) is 26.4. The average molecular weight is 512 g/mol. The molecular formula is C29H33N7O2. The van der Waals surface area contributed by atoms with Crippen LogP contribution < -0.4 is 11.1 Å². The fourth-order valence-corrected chi connectivity index (χ4v) is 6.24. The third-order valence-electron chi connectivity index (χ3n) is 8.29. The summed E-state index contributed by atoms with van der Waals surface area (Å²) in [6.07, 6.45) is 8.96. The molecule has 1 saturated heterocycles. The van der Waals surface area contributed by atoms with Gasteiger partial charge in [0.25, 0.3) is 11.8 Å². The van der Waals surface area contributed by atoms with Crippen LogP contribution >= 0.6 is 0 Å². The zero-order valence-electron chi connectivity index (χ0n) is 21.9. The second-order valence-electron chi connectivity index (χ2n) is 11.0. The number of primary amides is 1. The lowest BCUT2D eigenvalue weighted by molar-refractivity contribution is -0.125. The first-order valence-electron chi connectivity index (χ1n) is 13.3. The van der Waals surface area contributed by atoms with E-state index in [0.717, 1.165) is 37.9 Å². The van der Waals surface area contributed by atoms with Crippen LogP contribution in [0.5, 0.6) is 0 Å². The van der Waals surface area contributed by atoms with Gasteiger partial charge in [0, 0.05) is 31.9 Å². The van der Waals surface area contributed by atoms with Gasteiger partial charge >= 0.3 is 0 Å². The lowest BCUT2D eigenvalue weighted by atomic mass is 9.65. The predicted octanol–water partition coefficient (Wildman–Crippen LogP) is 3.39. The maximum Gasteiger partial charge on any atom is 0.298 e. The first kappa shape index (κ1) is 24.3. The minimum atomic E-state index is -0.523. The number of likely N-dealkylation sites (tertiary alicyclic amines) is 1. The summed E-state index contributed by atoms with van der Waals surface area (Å²) in [7, 11) is 1.79. The van der Waals surface area contributed by atoms with Gasteiger partial charge in [-0.1, -0.05) is 30.2 Å². The van der Waals surface area contributed by atoms with Crippen molar-refractivity contribution >= 4 is 17.6 Å². The Balaban J connectivity index is 1.23. The molecule has 196 valence electrons. The van der Waals surface area contributed by atoms with Gasteiger partial charge in [0.2, 0.25) is 0 Å². The van der Waals surface area contributed by atoms with E-state index in [2.05, 4.69) is 46.5 Å². The SMILES string of the molecule is CC#CC(=O)N1CC[C@]2(C1)C[C@H](n1nc(-c3cnn(Cc4cccc(C5CC5)c4)c3)c(C(N)=O)c1NC)C2. The number of hydrogen-bond acceptors (Lipinski definition) is 5. The fraction of sp³-hybridized carbons (Fsp3) is 0.448. The van der Waals surface area contributed by atoms with Crippen molar-refractivity contribution in [2.24, 2.45) is 11.1 Å². The summed E-state index contributed by atoms with van der Waals surface area (Å²) < 4.78 is 3.79. The molecule has 3 fully saturated rings. The smallest absolute Gasteiger partial charge is 0.298 e. The van der Waals surface area contributed by atoms with E-state index in [-0.39, 0.29) is 17.4 Å². The van der Waals surface area contributed by atoms with E-state index in [4.69, 9.17) is 10.8 Å². The lowest BCUT2D eigenvalue weighted by Gasteiger charge is -2.45. The Bertz CT molecular complexity index is 1460. The first-order chi connectivity index (χ1) is 18.4. The van der Waals surface area contributed by atoms with Crippen molar-refractivity contribution in [3.05, 3.63) is 53.3 Å². The number of carbonyl (C=O) groups is 2. The van der Waals surface area contributed by atoms with E-state index < -0.39 is 5.91 Å². The van der Waals surface area contributed by atoms with Gasteiger partial charge in [-0.05, 0) is 67.4 Å². The van der Waals surface area contributed by atoms with E-state index >= 15 is 0 Å². The van der Waals surface area contributed by atoms with Crippen molar-refractivity contribution in [3.63, 3.8) is 0 Å². The van der Waals surface area contributed by atoms with Crippen LogP contribution in [-0.2, 0) is 11.3 Å². The molecule has 0 bridgehead atoms. The highest BCUT2D eigenvalue weighted by Gasteiger charge is 2.51. The van der Waals surface area contributed by atoms with Crippen LogP contribution in [0.15, 0.2) is 36.7 Å². The maximum atomic E-state index is 12.6. The van der Waals surface area contributed by atoms with Gasteiger partial charge in [0.05, 0.1) is 18.8 Å². The highest BCUT2D eigenvalue weighted by atomic mass is 16.2. The molecule has 0 radical (unpaired) electrons. The Morgan fingerprint density at radius 1 is 1.26 bits per heavy atom. The molecule has 9 nitrogen and oxygen atoms in total. The summed E-state index contributed by atoms with van der Waals surface area (Å²) in [5, 5.41) is 12.6. The molecule has 3 heterocycles. The number of aromatic nitrogens is 4. The van der Waals surface area contributed by atoms with Crippen molar-refractivity contribution in [1.82, 2.24) is 24.5 Å². The van der Waals surface area contributed by atoms with Crippen LogP contribution in [0.25, 0.3) is 11.3 Å². The average Bonchev–Trinajstić information content (AvgIpc) is 3.29. The summed E-state index contributed by atoms with van der Waals surface area (Å²) in [5.74, 6) is 6.06. The van der Waals surface area contributed by atoms with Crippen LogP contribution in [0, 0.1) is 17.3 Å². The zero-order valence-corrected chi connectivity index (χ0v) is 21.9. The molecule has 2 aliphatic carbocycles. The fourth-order valence-electron chi connectivity index (χ4n) is 6.24. The number of anilines is 1. The number of rotatable bonds is 7. The van der Waals surface area contributed by atoms with E-state index in [9.17, 15) is 9.59 Å². The van der Waals surface area contributed by atoms with Crippen LogP contribution in [-0.4, -0.2) is 56.4 Å². The third kappa shape index (κ3) is 4.34. The van der Waals surface area contributed by atoms with Gasteiger partial charge in [0.1, 0.15) is 17.1 Å². The number of amides is 2. The Kier molecular flexibility index (Phi) is 5.98. The van der Waals surface area contributed by atoms with Gasteiger partial charge in [-0.15, -0.1) is 0 Å². The maximum absolute atomic E-state index is 12.6. The largest absolute Gasteiger partial charge is 0.373 e. The molecule has 2 saturated carbocycles. The van der Waals surface area contributed by atoms with Crippen molar-refractivity contribution < 1.29 is 9.59 Å². The number of benzene rings is 1. The molecule has 9 heteroatoms. The highest BCUT2D eigenvalue weighted by molar-refractivity contribution is 6.03. The summed E-state index contributed by atoms with van der Waals surface area (Å²) >= 11 is 0. The topological polar surface area (TPSA) is 111 Å². The molecular weight excluding hydrogens is 478 g/mol. The third-order valence-corrected chi connectivity index (χ3v) is 8.29. The monoisotopic (exact) mass is 511 g/mol. The van der Waals surface area contributed by atoms with Gasteiger partial charge in [0.15, 0.2) is 0 Å². The molecule has 38 heavy (non-hydrogen) atoms. The molecule has 2 aromatic heterocycles. The van der Waals surface area contributed by atoms with E-state index in [1.165, 1.54) is 24.0 Å².